The molecule has 0 amide bonds. The zero-order chi connectivity index (χ0) is 9.68. The van der Waals surface area contributed by atoms with Crippen LogP contribution in [0.1, 0.15) is 58.8 Å². The van der Waals surface area contributed by atoms with Gasteiger partial charge in [0.25, 0.3) is 0 Å². The van der Waals surface area contributed by atoms with Gasteiger partial charge in [-0.1, -0.05) is 33.1 Å². The Bertz CT molecular complexity index is 161. The molecule has 1 aliphatic carbocycles. The van der Waals surface area contributed by atoms with Crippen molar-refractivity contribution in [3.8, 4) is 0 Å². The smallest absolute Gasteiger partial charge is 0.135 e. The zero-order valence-corrected chi connectivity index (χ0v) is 9.01. The molecule has 1 aliphatic rings. The van der Waals surface area contributed by atoms with Gasteiger partial charge >= 0.3 is 0 Å². The summed E-state index contributed by atoms with van der Waals surface area (Å²) in [5, 5.41) is 0. The largest absolute Gasteiger partial charge is 0.299 e. The minimum absolute atomic E-state index is 0.424. The van der Waals surface area contributed by atoms with Crippen LogP contribution in [-0.4, -0.2) is 5.78 Å². The Labute approximate surface area is 81.9 Å². The van der Waals surface area contributed by atoms with Crippen molar-refractivity contribution >= 4 is 5.78 Å². The van der Waals surface area contributed by atoms with Crippen LogP contribution in [0, 0.1) is 11.8 Å². The molecule has 0 bridgehead atoms. The van der Waals surface area contributed by atoms with Crippen LogP contribution in [0.3, 0.4) is 0 Å². The maximum atomic E-state index is 11.5. The number of hydrogen-bond donors (Lipinski definition) is 0. The van der Waals surface area contributed by atoms with Crippen molar-refractivity contribution in [1.29, 1.82) is 0 Å². The lowest BCUT2D eigenvalue weighted by Crippen LogP contribution is -2.18. The number of Topliss-reactive ketones (excluding diaryl/α,β-unsaturated/α-hetero) is 1. The second-order valence-corrected chi connectivity index (χ2v) is 4.73. The van der Waals surface area contributed by atoms with Crippen LogP contribution >= 0.6 is 0 Å². The van der Waals surface area contributed by atoms with Gasteiger partial charge in [-0.25, -0.2) is 0 Å². The summed E-state index contributed by atoms with van der Waals surface area (Å²) in [6, 6.07) is 0. The second kappa shape index (κ2) is 5.41. The van der Waals surface area contributed by atoms with E-state index in [1.54, 1.807) is 0 Å². The fourth-order valence-corrected chi connectivity index (χ4v) is 2.13. The van der Waals surface area contributed by atoms with Crippen LogP contribution < -0.4 is 0 Å². The third kappa shape index (κ3) is 3.93. The normalized spacial score (nSPS) is 23.9. The molecular weight excluding hydrogens is 160 g/mol. The van der Waals surface area contributed by atoms with Gasteiger partial charge in [-0.05, 0) is 25.2 Å². The van der Waals surface area contributed by atoms with E-state index in [9.17, 15) is 4.79 Å². The summed E-state index contributed by atoms with van der Waals surface area (Å²) < 4.78 is 0. The Morgan fingerprint density at radius 2 is 2.15 bits per heavy atom. The molecule has 1 atom stereocenters. The van der Waals surface area contributed by atoms with Crippen molar-refractivity contribution in [3.05, 3.63) is 0 Å². The average molecular weight is 182 g/mol. The zero-order valence-electron chi connectivity index (χ0n) is 9.01. The Morgan fingerprint density at radius 1 is 1.38 bits per heavy atom. The number of ketones is 1. The summed E-state index contributed by atoms with van der Waals surface area (Å²) in [6.45, 7) is 4.51. The van der Waals surface area contributed by atoms with Gasteiger partial charge in [-0.15, -0.1) is 0 Å². The lowest BCUT2D eigenvalue weighted by molar-refractivity contribution is -0.124. The van der Waals surface area contributed by atoms with Gasteiger partial charge in [0.05, 0.1) is 0 Å². The standard InChI is InChI=1S/C12H22O/c1-10(2)6-5-8-11-7-3-4-9-12(11)13/h10-11H,3-9H2,1-2H3/t11-/m1/s1. The summed E-state index contributed by atoms with van der Waals surface area (Å²) in [5.74, 6) is 1.75. The fourth-order valence-electron chi connectivity index (χ4n) is 2.13. The quantitative estimate of drug-likeness (QED) is 0.649. The summed E-state index contributed by atoms with van der Waals surface area (Å²) in [4.78, 5) is 11.5. The average Bonchev–Trinajstić information content (AvgIpc) is 2.08. The Balaban J connectivity index is 2.15. The molecule has 1 fully saturated rings. The molecule has 0 heterocycles. The first-order chi connectivity index (χ1) is 6.20. The van der Waals surface area contributed by atoms with E-state index in [2.05, 4.69) is 13.8 Å². The highest BCUT2D eigenvalue weighted by molar-refractivity contribution is 5.81. The van der Waals surface area contributed by atoms with Crippen LogP contribution in [0.15, 0.2) is 0 Å². The van der Waals surface area contributed by atoms with Crippen LogP contribution in [0.25, 0.3) is 0 Å². The highest BCUT2D eigenvalue weighted by Gasteiger charge is 2.21. The molecule has 0 N–H and O–H groups in total. The monoisotopic (exact) mass is 182 g/mol. The molecule has 0 aromatic carbocycles. The van der Waals surface area contributed by atoms with Gasteiger partial charge in [0, 0.05) is 12.3 Å². The Morgan fingerprint density at radius 3 is 2.77 bits per heavy atom. The molecule has 0 aromatic heterocycles. The second-order valence-electron chi connectivity index (χ2n) is 4.73. The number of hydrogen-bond acceptors (Lipinski definition) is 1. The predicted molar refractivity (Wildman–Crippen MR) is 55.7 cm³/mol. The first-order valence-corrected chi connectivity index (χ1v) is 5.73. The maximum Gasteiger partial charge on any atom is 0.135 e. The highest BCUT2D eigenvalue weighted by atomic mass is 16.1. The molecule has 0 unspecified atom stereocenters. The summed E-state index contributed by atoms with van der Waals surface area (Å²) in [5.41, 5.74) is 0. The predicted octanol–water partition coefficient (Wildman–Crippen LogP) is 3.57. The number of carbonyl (C=O) groups is 1. The molecule has 1 nitrogen and oxygen atoms in total. The fraction of sp³-hybridized carbons (Fsp3) is 0.917. The van der Waals surface area contributed by atoms with Crippen molar-refractivity contribution in [2.45, 2.75) is 58.8 Å². The van der Waals surface area contributed by atoms with Gasteiger partial charge < -0.3 is 0 Å². The third-order valence-electron chi connectivity index (χ3n) is 3.02. The Kier molecular flexibility index (Phi) is 4.47. The van der Waals surface area contributed by atoms with Crippen molar-refractivity contribution in [3.63, 3.8) is 0 Å². The minimum Gasteiger partial charge on any atom is -0.299 e. The molecule has 0 aromatic rings. The van der Waals surface area contributed by atoms with Gasteiger partial charge in [-0.2, -0.15) is 0 Å². The topological polar surface area (TPSA) is 17.1 Å². The van der Waals surface area contributed by atoms with E-state index in [1.165, 1.54) is 19.3 Å². The summed E-state index contributed by atoms with van der Waals surface area (Å²) in [6.07, 6.45) is 8.11. The van der Waals surface area contributed by atoms with Gasteiger partial charge in [0.15, 0.2) is 0 Å². The van der Waals surface area contributed by atoms with Crippen LogP contribution in [0.5, 0.6) is 0 Å². The lowest BCUT2D eigenvalue weighted by atomic mass is 9.84. The maximum absolute atomic E-state index is 11.5. The van der Waals surface area contributed by atoms with E-state index >= 15 is 0 Å². The van der Waals surface area contributed by atoms with E-state index in [-0.39, 0.29) is 0 Å². The van der Waals surface area contributed by atoms with Gasteiger partial charge in [-0.3, -0.25) is 4.79 Å². The molecule has 1 rings (SSSR count). The van der Waals surface area contributed by atoms with Gasteiger partial charge in [0.1, 0.15) is 5.78 Å². The molecule has 0 aliphatic heterocycles. The highest BCUT2D eigenvalue weighted by Crippen LogP contribution is 2.25. The van der Waals surface area contributed by atoms with Crippen molar-refractivity contribution in [2.75, 3.05) is 0 Å². The van der Waals surface area contributed by atoms with Crippen LogP contribution in [0.4, 0.5) is 0 Å². The van der Waals surface area contributed by atoms with E-state index in [4.69, 9.17) is 0 Å². The van der Waals surface area contributed by atoms with E-state index in [0.29, 0.717) is 11.7 Å². The first-order valence-electron chi connectivity index (χ1n) is 5.73. The first kappa shape index (κ1) is 10.7. The lowest BCUT2D eigenvalue weighted by Gasteiger charge is -2.20. The number of rotatable bonds is 4. The third-order valence-corrected chi connectivity index (χ3v) is 3.02. The SMILES string of the molecule is CC(C)CCC[C@H]1CCCCC1=O. The van der Waals surface area contributed by atoms with E-state index < -0.39 is 0 Å². The van der Waals surface area contributed by atoms with E-state index in [1.807, 2.05) is 0 Å². The molecule has 1 saturated carbocycles. The van der Waals surface area contributed by atoms with Crippen LogP contribution in [0.2, 0.25) is 0 Å². The summed E-state index contributed by atoms with van der Waals surface area (Å²) >= 11 is 0. The molecule has 0 spiro atoms. The van der Waals surface area contributed by atoms with Gasteiger partial charge in [0.2, 0.25) is 0 Å². The molecule has 13 heavy (non-hydrogen) atoms. The molecule has 0 saturated heterocycles. The molecular formula is C12H22O. The van der Waals surface area contributed by atoms with Crippen molar-refractivity contribution in [2.24, 2.45) is 11.8 Å². The van der Waals surface area contributed by atoms with Crippen LogP contribution in [-0.2, 0) is 4.79 Å². The van der Waals surface area contributed by atoms with Crippen molar-refractivity contribution in [1.82, 2.24) is 0 Å². The van der Waals surface area contributed by atoms with Crippen molar-refractivity contribution < 1.29 is 4.79 Å². The van der Waals surface area contributed by atoms with E-state index in [0.717, 1.165) is 31.6 Å². The molecule has 0 radical (unpaired) electrons. The summed E-state index contributed by atoms with van der Waals surface area (Å²) in [7, 11) is 0. The Hall–Kier alpha value is -0.330. The molecule has 1 heteroatoms. The minimum atomic E-state index is 0.424. The molecule has 76 valence electrons. The number of carbonyl (C=O) groups excluding carboxylic acids is 1.